The van der Waals surface area contributed by atoms with Crippen molar-refractivity contribution in [3.8, 4) is 11.5 Å². The zero-order valence-corrected chi connectivity index (χ0v) is 17.1. The van der Waals surface area contributed by atoms with Gasteiger partial charge in [-0.25, -0.2) is 4.98 Å². The molecule has 6 nitrogen and oxygen atoms in total. The summed E-state index contributed by atoms with van der Waals surface area (Å²) in [5.74, 6) is 0.452. The van der Waals surface area contributed by atoms with Gasteiger partial charge in [-0.05, 0) is 56.4 Å². The van der Waals surface area contributed by atoms with E-state index in [0.29, 0.717) is 22.2 Å². The van der Waals surface area contributed by atoms with Crippen molar-refractivity contribution < 1.29 is 14.0 Å². The van der Waals surface area contributed by atoms with E-state index in [0.717, 1.165) is 18.4 Å². The van der Waals surface area contributed by atoms with E-state index < -0.39 is 0 Å². The Morgan fingerprint density at radius 2 is 1.90 bits per heavy atom. The Hall–Kier alpha value is -2.93. The molecule has 2 aromatic heterocycles. The van der Waals surface area contributed by atoms with Gasteiger partial charge in [0, 0.05) is 10.4 Å². The highest BCUT2D eigenvalue weighted by Gasteiger charge is 2.18. The second kappa shape index (κ2) is 8.61. The summed E-state index contributed by atoms with van der Waals surface area (Å²) in [6, 6.07) is 11.5. The van der Waals surface area contributed by atoms with Gasteiger partial charge in [0.15, 0.2) is 0 Å². The number of carbonyl (C=O) groups is 2. The number of hydrogen-bond donors (Lipinski definition) is 2. The molecule has 0 unspecified atom stereocenters. The van der Waals surface area contributed by atoms with Crippen LogP contribution in [0.2, 0.25) is 0 Å². The molecule has 1 aromatic carbocycles. The first-order chi connectivity index (χ1) is 14.1. The van der Waals surface area contributed by atoms with E-state index in [2.05, 4.69) is 15.8 Å². The molecule has 0 radical (unpaired) electrons. The molecule has 0 atom stereocenters. The Morgan fingerprint density at radius 3 is 2.72 bits per heavy atom. The zero-order chi connectivity index (χ0) is 20.2. The fourth-order valence-electron chi connectivity index (χ4n) is 3.46. The maximum atomic E-state index is 12.4. The average molecular weight is 410 g/mol. The third-order valence-corrected chi connectivity index (χ3v) is 6.26. The van der Waals surface area contributed by atoms with E-state index >= 15 is 0 Å². The number of hydrogen-bond acceptors (Lipinski definition) is 5. The number of nitrogens with zero attached hydrogens (tertiary/aromatic N) is 1. The van der Waals surface area contributed by atoms with E-state index in [1.807, 2.05) is 36.4 Å². The van der Waals surface area contributed by atoms with Crippen LogP contribution in [0.5, 0.6) is 0 Å². The van der Waals surface area contributed by atoms with Crippen LogP contribution in [0.25, 0.3) is 11.5 Å². The van der Waals surface area contributed by atoms with E-state index in [1.54, 1.807) is 6.92 Å². The molecule has 0 aliphatic heterocycles. The minimum Gasteiger partial charge on any atom is -0.441 e. The summed E-state index contributed by atoms with van der Waals surface area (Å²) in [5, 5.41) is 0. The summed E-state index contributed by atoms with van der Waals surface area (Å²) in [5.41, 5.74) is 7.68. The van der Waals surface area contributed by atoms with Gasteiger partial charge in [0.2, 0.25) is 11.8 Å². The maximum absolute atomic E-state index is 12.4. The number of benzene rings is 1. The first-order valence-electron chi connectivity index (χ1n) is 9.82. The Balaban J connectivity index is 1.35. The van der Waals surface area contributed by atoms with Crippen LogP contribution in [0, 0.1) is 6.92 Å². The standard InChI is InChI=1S/C22H23N3O3S/c1-14-17(23-22(28-14)15-8-4-2-5-9-15)13-20(26)24-25-21(27)19-12-16-10-6-3-7-11-18(16)29-19/h2,4-5,8-9,12H,3,6-7,10-11,13H2,1H3,(H,24,26)(H,25,27). The number of fused-ring (bicyclic) bond motifs is 1. The number of thiophene rings is 1. The van der Waals surface area contributed by atoms with Crippen molar-refractivity contribution in [3.05, 3.63) is 63.2 Å². The molecule has 7 heteroatoms. The summed E-state index contributed by atoms with van der Waals surface area (Å²) in [6.45, 7) is 1.78. The zero-order valence-electron chi connectivity index (χ0n) is 16.3. The lowest BCUT2D eigenvalue weighted by Gasteiger charge is -2.05. The monoisotopic (exact) mass is 409 g/mol. The summed E-state index contributed by atoms with van der Waals surface area (Å²) in [6.07, 6.45) is 5.68. The molecule has 0 spiro atoms. The van der Waals surface area contributed by atoms with Crippen LogP contribution in [-0.4, -0.2) is 16.8 Å². The number of aryl methyl sites for hydroxylation is 3. The lowest BCUT2D eigenvalue weighted by molar-refractivity contribution is -0.121. The lowest BCUT2D eigenvalue weighted by Crippen LogP contribution is -2.42. The van der Waals surface area contributed by atoms with Gasteiger partial charge < -0.3 is 4.42 Å². The number of nitrogens with one attached hydrogen (secondary N) is 2. The number of carbonyl (C=O) groups excluding carboxylic acids is 2. The van der Waals surface area contributed by atoms with Crippen LogP contribution in [0.1, 0.15) is 50.8 Å². The summed E-state index contributed by atoms with van der Waals surface area (Å²) in [4.78, 5) is 31.1. The smallest absolute Gasteiger partial charge is 0.279 e. The topological polar surface area (TPSA) is 84.2 Å². The van der Waals surface area contributed by atoms with Gasteiger partial charge in [-0.15, -0.1) is 11.3 Å². The molecule has 0 fully saturated rings. The number of aromatic nitrogens is 1. The molecule has 29 heavy (non-hydrogen) atoms. The Kier molecular flexibility index (Phi) is 5.76. The molecule has 4 rings (SSSR count). The van der Waals surface area contributed by atoms with Crippen LogP contribution >= 0.6 is 11.3 Å². The maximum Gasteiger partial charge on any atom is 0.279 e. The number of oxazole rings is 1. The van der Waals surface area contributed by atoms with Crippen molar-refractivity contribution in [2.24, 2.45) is 0 Å². The summed E-state index contributed by atoms with van der Waals surface area (Å²) >= 11 is 1.53. The van der Waals surface area contributed by atoms with Gasteiger partial charge in [-0.1, -0.05) is 24.6 Å². The Labute approximate surface area is 173 Å². The van der Waals surface area contributed by atoms with Gasteiger partial charge in [0.1, 0.15) is 5.76 Å². The van der Waals surface area contributed by atoms with Crippen LogP contribution in [-0.2, 0) is 24.1 Å². The van der Waals surface area contributed by atoms with Crippen LogP contribution in [0.4, 0.5) is 0 Å². The van der Waals surface area contributed by atoms with Gasteiger partial charge in [-0.3, -0.25) is 20.4 Å². The quantitative estimate of drug-likeness (QED) is 0.504. The second-order valence-corrected chi connectivity index (χ2v) is 8.32. The van der Waals surface area contributed by atoms with E-state index in [1.165, 1.54) is 41.0 Å². The van der Waals surface area contributed by atoms with Gasteiger partial charge in [-0.2, -0.15) is 0 Å². The largest absolute Gasteiger partial charge is 0.441 e. The van der Waals surface area contributed by atoms with Crippen LogP contribution < -0.4 is 10.9 Å². The molecule has 2 N–H and O–H groups in total. The molecule has 1 aliphatic rings. The lowest BCUT2D eigenvalue weighted by atomic mass is 10.1. The molecule has 3 aromatic rings. The molecule has 0 saturated heterocycles. The van der Waals surface area contributed by atoms with E-state index in [9.17, 15) is 9.59 Å². The van der Waals surface area contributed by atoms with Crippen molar-refractivity contribution in [2.45, 2.75) is 45.4 Å². The van der Waals surface area contributed by atoms with Crippen molar-refractivity contribution in [2.75, 3.05) is 0 Å². The third kappa shape index (κ3) is 4.56. The number of amides is 2. The van der Waals surface area contributed by atoms with Crippen molar-refractivity contribution in [1.29, 1.82) is 0 Å². The number of hydrazine groups is 1. The highest BCUT2D eigenvalue weighted by Crippen LogP contribution is 2.28. The van der Waals surface area contributed by atoms with Gasteiger partial charge >= 0.3 is 0 Å². The van der Waals surface area contributed by atoms with Crippen LogP contribution in [0.3, 0.4) is 0 Å². The van der Waals surface area contributed by atoms with Crippen molar-refractivity contribution >= 4 is 23.2 Å². The average Bonchev–Trinajstić information content (AvgIpc) is 3.23. The highest BCUT2D eigenvalue weighted by atomic mass is 32.1. The highest BCUT2D eigenvalue weighted by molar-refractivity contribution is 7.14. The second-order valence-electron chi connectivity index (χ2n) is 7.19. The van der Waals surface area contributed by atoms with Crippen molar-refractivity contribution in [3.63, 3.8) is 0 Å². The predicted molar refractivity (Wildman–Crippen MR) is 112 cm³/mol. The molecule has 2 amide bonds. The fourth-order valence-corrected chi connectivity index (χ4v) is 4.61. The van der Waals surface area contributed by atoms with E-state index in [4.69, 9.17) is 4.42 Å². The van der Waals surface area contributed by atoms with Gasteiger partial charge in [0.05, 0.1) is 17.0 Å². The summed E-state index contributed by atoms with van der Waals surface area (Å²) in [7, 11) is 0. The molecule has 2 heterocycles. The molecule has 0 saturated carbocycles. The fraction of sp³-hybridized carbons (Fsp3) is 0.318. The first-order valence-corrected chi connectivity index (χ1v) is 10.6. The van der Waals surface area contributed by atoms with E-state index in [-0.39, 0.29) is 18.2 Å². The molecular formula is C22H23N3O3S. The Morgan fingerprint density at radius 1 is 1.10 bits per heavy atom. The SMILES string of the molecule is Cc1oc(-c2ccccc2)nc1CC(=O)NNC(=O)c1cc2c(s1)CCCCC2. The minimum absolute atomic E-state index is 0.0311. The Bertz CT molecular complexity index is 1000. The molecule has 0 bridgehead atoms. The van der Waals surface area contributed by atoms with Gasteiger partial charge in [0.25, 0.3) is 5.91 Å². The normalized spacial score (nSPS) is 13.4. The van der Waals surface area contributed by atoms with Crippen LogP contribution in [0.15, 0.2) is 40.8 Å². The number of rotatable bonds is 4. The minimum atomic E-state index is -0.340. The molecular weight excluding hydrogens is 386 g/mol. The molecule has 150 valence electrons. The van der Waals surface area contributed by atoms with Crippen molar-refractivity contribution in [1.82, 2.24) is 15.8 Å². The predicted octanol–water partition coefficient (Wildman–Crippen LogP) is 3.98. The third-order valence-electron chi connectivity index (χ3n) is 5.03. The molecule has 1 aliphatic carbocycles. The first kappa shape index (κ1) is 19.4. The summed E-state index contributed by atoms with van der Waals surface area (Å²) < 4.78 is 5.68.